The second-order valence-corrected chi connectivity index (χ2v) is 7.05. The molecule has 0 amide bonds. The molecule has 1 aromatic carbocycles. The van der Waals surface area contributed by atoms with E-state index < -0.39 is 0 Å². The van der Waals surface area contributed by atoms with Crippen LogP contribution in [0.1, 0.15) is 0 Å². The Balaban J connectivity index is 1.51. The van der Waals surface area contributed by atoms with E-state index in [2.05, 4.69) is 26.8 Å². The van der Waals surface area contributed by atoms with Crippen molar-refractivity contribution < 1.29 is 4.74 Å². The Morgan fingerprint density at radius 3 is 2.38 bits per heavy atom. The Kier molecular flexibility index (Phi) is 4.87. The summed E-state index contributed by atoms with van der Waals surface area (Å²) in [5.41, 5.74) is 1.28. The highest BCUT2D eigenvalue weighted by molar-refractivity contribution is 8.23. The molecule has 0 saturated carbocycles. The number of anilines is 1. The molecular formula is C15H21N3OS2. The van der Waals surface area contributed by atoms with E-state index in [0.29, 0.717) is 0 Å². The molecule has 2 saturated heterocycles. The second kappa shape index (κ2) is 6.85. The molecule has 2 fully saturated rings. The summed E-state index contributed by atoms with van der Waals surface area (Å²) in [5, 5.41) is 0. The second-order valence-electron chi connectivity index (χ2n) is 5.32. The van der Waals surface area contributed by atoms with Gasteiger partial charge in [0.15, 0.2) is 0 Å². The number of nitrogens with zero attached hydrogens (tertiary/aromatic N) is 3. The molecule has 3 rings (SSSR count). The SMILES string of the molecule is COc1ccc(N2CCN(CN3CCSC3=S)CC2)cc1. The van der Waals surface area contributed by atoms with Crippen LogP contribution in [0.4, 0.5) is 5.69 Å². The molecule has 0 N–H and O–H groups in total. The maximum absolute atomic E-state index is 5.37. The van der Waals surface area contributed by atoms with Crippen LogP contribution in [0.2, 0.25) is 0 Å². The third-order valence-electron chi connectivity index (χ3n) is 4.03. The van der Waals surface area contributed by atoms with Gasteiger partial charge in [0.2, 0.25) is 0 Å². The van der Waals surface area contributed by atoms with Crippen molar-refractivity contribution in [2.75, 3.05) is 57.2 Å². The average molecular weight is 323 g/mol. The molecule has 0 unspecified atom stereocenters. The first-order valence-electron chi connectivity index (χ1n) is 7.29. The molecule has 0 atom stereocenters. The van der Waals surface area contributed by atoms with Crippen molar-refractivity contribution in [1.82, 2.24) is 9.80 Å². The molecule has 0 bridgehead atoms. The summed E-state index contributed by atoms with van der Waals surface area (Å²) in [4.78, 5) is 7.26. The summed E-state index contributed by atoms with van der Waals surface area (Å²) >= 11 is 7.18. The van der Waals surface area contributed by atoms with Crippen LogP contribution < -0.4 is 9.64 Å². The summed E-state index contributed by atoms with van der Waals surface area (Å²) in [6, 6.07) is 8.34. The fourth-order valence-corrected chi connectivity index (χ4v) is 3.95. The standard InChI is InChI=1S/C15H21N3OS2/c1-19-14-4-2-13(3-5-14)17-8-6-16(7-9-17)12-18-10-11-21-15(18)20/h2-5H,6-12H2,1H3. The molecule has 2 aliphatic rings. The van der Waals surface area contributed by atoms with Crippen LogP contribution in [0, 0.1) is 0 Å². The highest BCUT2D eigenvalue weighted by Crippen LogP contribution is 2.22. The van der Waals surface area contributed by atoms with Crippen molar-refractivity contribution >= 4 is 34.0 Å². The van der Waals surface area contributed by atoms with Crippen LogP contribution in [-0.2, 0) is 0 Å². The maximum Gasteiger partial charge on any atom is 0.137 e. The maximum atomic E-state index is 5.37. The lowest BCUT2D eigenvalue weighted by Gasteiger charge is -2.38. The molecular weight excluding hydrogens is 302 g/mol. The van der Waals surface area contributed by atoms with Gasteiger partial charge in [0, 0.05) is 44.2 Å². The number of hydrogen-bond acceptors (Lipinski definition) is 5. The van der Waals surface area contributed by atoms with Crippen molar-refractivity contribution in [1.29, 1.82) is 0 Å². The zero-order valence-electron chi connectivity index (χ0n) is 12.3. The molecule has 0 radical (unpaired) electrons. The van der Waals surface area contributed by atoms with Crippen LogP contribution >= 0.6 is 24.0 Å². The first-order valence-corrected chi connectivity index (χ1v) is 8.69. The Morgan fingerprint density at radius 2 is 1.81 bits per heavy atom. The summed E-state index contributed by atoms with van der Waals surface area (Å²) < 4.78 is 6.27. The Hall–Kier alpha value is -0.980. The highest BCUT2D eigenvalue weighted by atomic mass is 32.2. The minimum absolute atomic E-state index is 0.914. The van der Waals surface area contributed by atoms with Gasteiger partial charge < -0.3 is 14.5 Å². The summed E-state index contributed by atoms with van der Waals surface area (Å²) in [6.45, 7) is 6.41. The van der Waals surface area contributed by atoms with Crippen LogP contribution in [0.3, 0.4) is 0 Å². The molecule has 2 heterocycles. The predicted molar refractivity (Wildman–Crippen MR) is 93.4 cm³/mol. The lowest BCUT2D eigenvalue weighted by Crippen LogP contribution is -2.50. The smallest absolute Gasteiger partial charge is 0.137 e. The number of thiocarbonyl (C=S) groups is 1. The first kappa shape index (κ1) is 14.9. The van der Waals surface area contributed by atoms with Gasteiger partial charge in [-0.2, -0.15) is 0 Å². The molecule has 0 spiro atoms. The fourth-order valence-electron chi connectivity index (χ4n) is 2.74. The van der Waals surface area contributed by atoms with Crippen LogP contribution in [-0.4, -0.2) is 66.4 Å². The van der Waals surface area contributed by atoms with E-state index in [4.69, 9.17) is 17.0 Å². The third kappa shape index (κ3) is 3.62. The van der Waals surface area contributed by atoms with E-state index in [1.165, 1.54) is 5.69 Å². The van der Waals surface area contributed by atoms with E-state index in [1.807, 2.05) is 12.1 Å². The molecule has 0 aliphatic carbocycles. The van der Waals surface area contributed by atoms with Crippen molar-refractivity contribution in [3.05, 3.63) is 24.3 Å². The van der Waals surface area contributed by atoms with Gasteiger partial charge in [-0.1, -0.05) is 24.0 Å². The molecule has 6 heteroatoms. The zero-order valence-corrected chi connectivity index (χ0v) is 14.0. The number of rotatable bonds is 4. The van der Waals surface area contributed by atoms with Gasteiger partial charge in [-0.3, -0.25) is 4.90 Å². The molecule has 2 aliphatic heterocycles. The number of methoxy groups -OCH3 is 1. The largest absolute Gasteiger partial charge is 0.497 e. The van der Waals surface area contributed by atoms with Gasteiger partial charge >= 0.3 is 0 Å². The Labute approximate surface area is 136 Å². The summed E-state index contributed by atoms with van der Waals surface area (Å²) in [6.07, 6.45) is 0. The lowest BCUT2D eigenvalue weighted by molar-refractivity contribution is 0.187. The number of hydrogen-bond donors (Lipinski definition) is 0. The van der Waals surface area contributed by atoms with Gasteiger partial charge in [0.1, 0.15) is 10.1 Å². The van der Waals surface area contributed by atoms with Crippen LogP contribution in [0.15, 0.2) is 24.3 Å². The van der Waals surface area contributed by atoms with Crippen molar-refractivity contribution in [3.63, 3.8) is 0 Å². The normalized spacial score (nSPS) is 20.1. The van der Waals surface area contributed by atoms with Crippen molar-refractivity contribution in [2.45, 2.75) is 0 Å². The van der Waals surface area contributed by atoms with Crippen molar-refractivity contribution in [2.24, 2.45) is 0 Å². The van der Waals surface area contributed by atoms with Crippen LogP contribution in [0.25, 0.3) is 0 Å². The molecule has 21 heavy (non-hydrogen) atoms. The minimum Gasteiger partial charge on any atom is -0.497 e. The predicted octanol–water partition coefficient (Wildman–Crippen LogP) is 2.11. The van der Waals surface area contributed by atoms with Gasteiger partial charge in [-0.05, 0) is 24.3 Å². The number of benzene rings is 1. The van der Waals surface area contributed by atoms with Gasteiger partial charge in [0.25, 0.3) is 0 Å². The van der Waals surface area contributed by atoms with Gasteiger partial charge in [-0.25, -0.2) is 0 Å². The van der Waals surface area contributed by atoms with E-state index in [9.17, 15) is 0 Å². The topological polar surface area (TPSA) is 19.0 Å². The van der Waals surface area contributed by atoms with Gasteiger partial charge in [-0.15, -0.1) is 0 Å². The van der Waals surface area contributed by atoms with E-state index in [-0.39, 0.29) is 0 Å². The average Bonchev–Trinajstić information content (AvgIpc) is 2.93. The molecule has 4 nitrogen and oxygen atoms in total. The first-order chi connectivity index (χ1) is 10.3. The monoisotopic (exact) mass is 323 g/mol. The quantitative estimate of drug-likeness (QED) is 0.785. The van der Waals surface area contributed by atoms with Crippen LogP contribution in [0.5, 0.6) is 5.75 Å². The third-order valence-corrected chi connectivity index (χ3v) is 5.53. The van der Waals surface area contributed by atoms with E-state index in [1.54, 1.807) is 18.9 Å². The number of ether oxygens (including phenoxy) is 1. The Morgan fingerprint density at radius 1 is 1.10 bits per heavy atom. The fraction of sp³-hybridized carbons (Fsp3) is 0.533. The Bertz CT molecular complexity index is 486. The molecule has 114 valence electrons. The van der Waals surface area contributed by atoms with Crippen molar-refractivity contribution in [3.8, 4) is 5.75 Å². The lowest BCUT2D eigenvalue weighted by atomic mass is 10.2. The van der Waals surface area contributed by atoms with E-state index in [0.717, 1.165) is 55.2 Å². The zero-order chi connectivity index (χ0) is 14.7. The van der Waals surface area contributed by atoms with E-state index >= 15 is 0 Å². The minimum atomic E-state index is 0.914. The number of piperazine rings is 1. The highest BCUT2D eigenvalue weighted by Gasteiger charge is 2.23. The van der Waals surface area contributed by atoms with Gasteiger partial charge in [0.05, 0.1) is 13.8 Å². The number of thioether (sulfide) groups is 1. The molecule has 0 aromatic heterocycles. The summed E-state index contributed by atoms with van der Waals surface area (Å²) in [7, 11) is 1.70. The molecule has 1 aromatic rings. The summed E-state index contributed by atoms with van der Waals surface area (Å²) in [5.74, 6) is 2.06.